The summed E-state index contributed by atoms with van der Waals surface area (Å²) in [5, 5.41) is 10.2. The van der Waals surface area contributed by atoms with Crippen LogP contribution in [0.5, 0.6) is 0 Å². The number of rotatable bonds is 7. The van der Waals surface area contributed by atoms with Crippen LogP contribution in [0.15, 0.2) is 40.7 Å². The molecule has 0 spiro atoms. The summed E-state index contributed by atoms with van der Waals surface area (Å²) in [4.78, 5) is 11.7. The Kier molecular flexibility index (Phi) is 9.67. The van der Waals surface area contributed by atoms with E-state index < -0.39 is 0 Å². The van der Waals surface area contributed by atoms with Gasteiger partial charge >= 0.3 is 0 Å². The number of hydrogen-bond donors (Lipinski definition) is 2. The van der Waals surface area contributed by atoms with Crippen LogP contribution < -0.4 is 10.6 Å². The summed E-state index contributed by atoms with van der Waals surface area (Å²) >= 11 is 1.73. The van der Waals surface area contributed by atoms with Crippen molar-refractivity contribution in [3.05, 3.63) is 52.0 Å². The standard InChI is InChI=1S/C21H31N5S.HI/c1-16(2)20-25-18(15-27-20)13-23-21(22-3)24-14-19(26-11-7-8-12-26)17-9-5-4-6-10-17;/h4-6,9-10,15-16,19H,7-8,11-14H2,1-3H3,(H2,22,23,24);1H. The maximum Gasteiger partial charge on any atom is 0.191 e. The molecule has 2 aromatic rings. The second-order valence-corrected chi connectivity index (χ2v) is 8.20. The molecule has 5 nitrogen and oxygen atoms in total. The molecular weight excluding hydrogens is 481 g/mol. The van der Waals surface area contributed by atoms with Gasteiger partial charge in [0.1, 0.15) is 0 Å². The fourth-order valence-electron chi connectivity index (χ4n) is 3.44. The number of nitrogens with one attached hydrogen (secondary N) is 2. The highest BCUT2D eigenvalue weighted by Gasteiger charge is 2.23. The summed E-state index contributed by atoms with van der Waals surface area (Å²) in [5.74, 6) is 1.31. The van der Waals surface area contributed by atoms with E-state index in [4.69, 9.17) is 0 Å². The van der Waals surface area contributed by atoms with Crippen molar-refractivity contribution in [2.75, 3.05) is 26.7 Å². The van der Waals surface area contributed by atoms with Crippen molar-refractivity contribution < 1.29 is 0 Å². The minimum atomic E-state index is 0. The van der Waals surface area contributed by atoms with Crippen molar-refractivity contribution in [2.45, 2.75) is 45.2 Å². The molecule has 1 aromatic carbocycles. The van der Waals surface area contributed by atoms with Gasteiger partial charge in [0, 0.05) is 24.9 Å². The minimum absolute atomic E-state index is 0. The van der Waals surface area contributed by atoms with Gasteiger partial charge < -0.3 is 10.6 Å². The van der Waals surface area contributed by atoms with Crippen LogP contribution in [0.2, 0.25) is 0 Å². The Morgan fingerprint density at radius 3 is 2.50 bits per heavy atom. The molecule has 3 rings (SSSR count). The maximum atomic E-state index is 4.69. The highest BCUT2D eigenvalue weighted by Crippen LogP contribution is 2.24. The van der Waals surface area contributed by atoms with E-state index in [-0.39, 0.29) is 24.0 Å². The van der Waals surface area contributed by atoms with Gasteiger partial charge in [-0.3, -0.25) is 9.89 Å². The lowest BCUT2D eigenvalue weighted by Gasteiger charge is -2.28. The van der Waals surface area contributed by atoms with Crippen LogP contribution in [0, 0.1) is 0 Å². The Morgan fingerprint density at radius 2 is 1.89 bits per heavy atom. The average Bonchev–Trinajstić information content (AvgIpc) is 3.37. The van der Waals surface area contributed by atoms with Crippen LogP contribution >= 0.6 is 35.3 Å². The molecule has 2 N–H and O–H groups in total. The largest absolute Gasteiger partial charge is 0.354 e. The molecule has 1 saturated heterocycles. The van der Waals surface area contributed by atoms with Crippen molar-refractivity contribution in [1.29, 1.82) is 0 Å². The zero-order valence-corrected chi connectivity index (χ0v) is 20.2. The van der Waals surface area contributed by atoms with Gasteiger partial charge in [0.15, 0.2) is 5.96 Å². The highest BCUT2D eigenvalue weighted by atomic mass is 127. The lowest BCUT2D eigenvalue weighted by atomic mass is 10.1. The fraction of sp³-hybridized carbons (Fsp3) is 0.524. The number of likely N-dealkylation sites (tertiary alicyclic amines) is 1. The topological polar surface area (TPSA) is 52.6 Å². The van der Waals surface area contributed by atoms with Crippen LogP contribution in [-0.2, 0) is 6.54 Å². The molecule has 7 heteroatoms. The predicted octanol–water partition coefficient (Wildman–Crippen LogP) is 4.39. The van der Waals surface area contributed by atoms with E-state index in [0.717, 1.165) is 18.2 Å². The van der Waals surface area contributed by atoms with E-state index in [1.165, 1.54) is 36.5 Å². The first kappa shape index (κ1) is 23.1. The van der Waals surface area contributed by atoms with E-state index in [2.05, 4.69) is 75.1 Å². The molecule has 0 aliphatic carbocycles. The molecule has 2 heterocycles. The zero-order chi connectivity index (χ0) is 19.1. The van der Waals surface area contributed by atoms with Crippen LogP contribution in [0.4, 0.5) is 0 Å². The molecule has 1 atom stereocenters. The van der Waals surface area contributed by atoms with E-state index in [1.807, 2.05) is 7.05 Å². The molecular formula is C21H32IN5S. The van der Waals surface area contributed by atoms with Gasteiger partial charge in [-0.25, -0.2) is 4.98 Å². The molecule has 1 aliphatic heterocycles. The average molecular weight is 513 g/mol. The lowest BCUT2D eigenvalue weighted by Crippen LogP contribution is -2.42. The predicted molar refractivity (Wildman–Crippen MR) is 130 cm³/mol. The number of halogens is 1. The zero-order valence-electron chi connectivity index (χ0n) is 17.0. The van der Waals surface area contributed by atoms with Crippen LogP contribution in [-0.4, -0.2) is 42.5 Å². The van der Waals surface area contributed by atoms with Crippen LogP contribution in [0.3, 0.4) is 0 Å². The van der Waals surface area contributed by atoms with E-state index in [1.54, 1.807) is 11.3 Å². The molecule has 0 amide bonds. The first-order valence-electron chi connectivity index (χ1n) is 9.85. The Labute approximate surface area is 190 Å². The second-order valence-electron chi connectivity index (χ2n) is 7.31. The first-order valence-corrected chi connectivity index (χ1v) is 10.7. The van der Waals surface area contributed by atoms with E-state index in [9.17, 15) is 0 Å². The molecule has 1 unspecified atom stereocenters. The molecule has 154 valence electrons. The van der Waals surface area contributed by atoms with Crippen LogP contribution in [0.25, 0.3) is 0 Å². The summed E-state index contributed by atoms with van der Waals surface area (Å²) in [5.41, 5.74) is 2.44. The summed E-state index contributed by atoms with van der Waals surface area (Å²) < 4.78 is 0. The molecule has 1 aromatic heterocycles. The quantitative estimate of drug-likeness (QED) is 0.328. The number of guanidine groups is 1. The second kappa shape index (κ2) is 11.7. The molecule has 1 aliphatic rings. The van der Waals surface area contributed by atoms with Gasteiger partial charge in [0.2, 0.25) is 0 Å². The van der Waals surface area contributed by atoms with Gasteiger partial charge in [-0.15, -0.1) is 35.3 Å². The first-order chi connectivity index (χ1) is 13.2. The number of thiazole rings is 1. The summed E-state index contributed by atoms with van der Waals surface area (Å²) in [6.07, 6.45) is 2.58. The van der Waals surface area contributed by atoms with Crippen molar-refractivity contribution in [3.63, 3.8) is 0 Å². The molecule has 0 radical (unpaired) electrons. The number of hydrogen-bond acceptors (Lipinski definition) is 4. The lowest BCUT2D eigenvalue weighted by molar-refractivity contribution is 0.245. The monoisotopic (exact) mass is 513 g/mol. The number of aliphatic imine (C=N–C) groups is 1. The van der Waals surface area contributed by atoms with Crippen LogP contribution in [0.1, 0.15) is 54.9 Å². The Morgan fingerprint density at radius 1 is 1.18 bits per heavy atom. The van der Waals surface area contributed by atoms with Crippen molar-refractivity contribution >= 4 is 41.3 Å². The fourth-order valence-corrected chi connectivity index (χ4v) is 4.28. The molecule has 1 fully saturated rings. The van der Waals surface area contributed by atoms with Crippen molar-refractivity contribution in [2.24, 2.45) is 4.99 Å². The van der Waals surface area contributed by atoms with Crippen molar-refractivity contribution in [1.82, 2.24) is 20.5 Å². The SMILES string of the molecule is CN=C(NCc1csc(C(C)C)n1)NCC(c1ccccc1)N1CCCC1.I. The third-order valence-electron chi connectivity index (χ3n) is 4.95. The summed E-state index contributed by atoms with van der Waals surface area (Å²) in [7, 11) is 1.82. The summed E-state index contributed by atoms with van der Waals surface area (Å²) in [6.45, 7) is 8.24. The van der Waals surface area contributed by atoms with Gasteiger partial charge in [-0.2, -0.15) is 0 Å². The highest BCUT2D eigenvalue weighted by molar-refractivity contribution is 14.0. The minimum Gasteiger partial charge on any atom is -0.354 e. The number of nitrogens with zero attached hydrogens (tertiary/aromatic N) is 3. The van der Waals surface area contributed by atoms with Gasteiger partial charge in [0.05, 0.1) is 23.3 Å². The van der Waals surface area contributed by atoms with Gasteiger partial charge in [-0.1, -0.05) is 44.2 Å². The van der Waals surface area contributed by atoms with Gasteiger partial charge in [-0.05, 0) is 31.5 Å². The van der Waals surface area contributed by atoms with E-state index in [0.29, 0.717) is 18.5 Å². The van der Waals surface area contributed by atoms with Gasteiger partial charge in [0.25, 0.3) is 0 Å². The molecule has 28 heavy (non-hydrogen) atoms. The Balaban J connectivity index is 0.00000280. The number of benzene rings is 1. The normalized spacial score (nSPS) is 16.1. The summed E-state index contributed by atoms with van der Waals surface area (Å²) in [6, 6.07) is 11.2. The maximum absolute atomic E-state index is 4.69. The smallest absolute Gasteiger partial charge is 0.191 e. The Hall–Kier alpha value is -1.19. The Bertz CT molecular complexity index is 725. The number of aromatic nitrogens is 1. The molecule has 0 bridgehead atoms. The van der Waals surface area contributed by atoms with Crippen molar-refractivity contribution in [3.8, 4) is 0 Å². The van der Waals surface area contributed by atoms with E-state index >= 15 is 0 Å². The third-order valence-corrected chi connectivity index (χ3v) is 6.15. The third kappa shape index (κ3) is 6.42. The molecule has 0 saturated carbocycles.